The molecule has 1 aromatic heterocycles. The highest BCUT2D eigenvalue weighted by molar-refractivity contribution is 8.15. The molecule has 0 amide bonds. The standard InChI is InChI=1S/C7H7O2S/c1-6(8)10-5-7-3-2-4-9-7/h2-5H,1H3. The molecule has 2 nitrogen and oxygen atoms in total. The molecule has 10 heavy (non-hydrogen) atoms. The average Bonchev–Trinajstić information content (AvgIpc) is 2.34. The summed E-state index contributed by atoms with van der Waals surface area (Å²) in [5, 5.41) is 0.0661. The molecule has 0 fully saturated rings. The molecule has 53 valence electrons. The molecule has 0 aromatic carbocycles. The number of hydrogen-bond donors (Lipinski definition) is 0. The van der Waals surface area contributed by atoms with Crippen molar-refractivity contribution in [3.8, 4) is 0 Å². The van der Waals surface area contributed by atoms with Gasteiger partial charge in [-0.2, -0.15) is 0 Å². The van der Waals surface area contributed by atoms with Crippen LogP contribution in [0.25, 0.3) is 0 Å². The first-order valence-corrected chi connectivity index (χ1v) is 3.71. The van der Waals surface area contributed by atoms with E-state index in [9.17, 15) is 4.79 Å². The molecule has 1 rings (SSSR count). The topological polar surface area (TPSA) is 30.2 Å². The van der Waals surface area contributed by atoms with Gasteiger partial charge >= 0.3 is 0 Å². The van der Waals surface area contributed by atoms with Crippen LogP contribution in [0, 0.1) is 5.75 Å². The minimum atomic E-state index is 0.0661. The van der Waals surface area contributed by atoms with Gasteiger partial charge in [-0.25, -0.2) is 0 Å². The normalized spacial score (nSPS) is 9.70. The Bertz CT molecular complexity index is 203. The van der Waals surface area contributed by atoms with Gasteiger partial charge in [0.15, 0.2) is 5.12 Å². The predicted octanol–water partition coefficient (Wildman–Crippen LogP) is 2.07. The molecule has 0 bridgehead atoms. The molecule has 0 saturated carbocycles. The Hall–Kier alpha value is -0.700. The average molecular weight is 155 g/mol. The van der Waals surface area contributed by atoms with Crippen LogP contribution >= 0.6 is 11.8 Å². The molecule has 0 aliphatic heterocycles. The zero-order valence-corrected chi connectivity index (χ0v) is 6.35. The molecular formula is C7H7O2S. The lowest BCUT2D eigenvalue weighted by molar-refractivity contribution is -0.109. The molecule has 0 saturated heterocycles. The first-order chi connectivity index (χ1) is 4.79. The van der Waals surface area contributed by atoms with E-state index >= 15 is 0 Å². The summed E-state index contributed by atoms with van der Waals surface area (Å²) in [5.74, 6) is 2.41. The Morgan fingerprint density at radius 3 is 3.10 bits per heavy atom. The Morgan fingerprint density at radius 1 is 1.80 bits per heavy atom. The van der Waals surface area contributed by atoms with Crippen molar-refractivity contribution in [2.45, 2.75) is 6.92 Å². The van der Waals surface area contributed by atoms with Crippen molar-refractivity contribution in [2.24, 2.45) is 0 Å². The number of carbonyl (C=O) groups excluding carboxylic acids is 1. The lowest BCUT2D eigenvalue weighted by atomic mass is 10.5. The number of carbonyl (C=O) groups is 1. The molecule has 0 aliphatic carbocycles. The van der Waals surface area contributed by atoms with Crippen molar-refractivity contribution in [1.82, 2.24) is 0 Å². The molecule has 3 heteroatoms. The molecule has 0 unspecified atom stereocenters. The minimum absolute atomic E-state index is 0.0661. The summed E-state index contributed by atoms with van der Waals surface area (Å²) in [5.41, 5.74) is 0. The number of rotatable bonds is 2. The summed E-state index contributed by atoms with van der Waals surface area (Å²) in [6, 6.07) is 3.59. The lowest BCUT2D eigenvalue weighted by Gasteiger charge is -1.89. The summed E-state index contributed by atoms with van der Waals surface area (Å²) in [6.07, 6.45) is 1.58. The maximum absolute atomic E-state index is 10.4. The smallest absolute Gasteiger partial charge is 0.186 e. The fourth-order valence-corrected chi connectivity index (χ4v) is 0.916. The molecule has 1 aromatic rings. The Labute approximate surface area is 63.6 Å². The Balaban J connectivity index is 2.35. The van der Waals surface area contributed by atoms with Gasteiger partial charge in [0.1, 0.15) is 5.76 Å². The Morgan fingerprint density at radius 2 is 2.60 bits per heavy atom. The van der Waals surface area contributed by atoms with Gasteiger partial charge in [0.05, 0.1) is 12.0 Å². The van der Waals surface area contributed by atoms with Crippen LogP contribution in [0.1, 0.15) is 12.7 Å². The zero-order chi connectivity index (χ0) is 7.40. The Kier molecular flexibility index (Phi) is 2.57. The van der Waals surface area contributed by atoms with Crippen LogP contribution in [0.2, 0.25) is 0 Å². The number of hydrogen-bond acceptors (Lipinski definition) is 3. The molecular weight excluding hydrogens is 148 g/mol. The third kappa shape index (κ3) is 2.27. The molecule has 1 heterocycles. The van der Waals surface area contributed by atoms with Crippen LogP contribution in [-0.4, -0.2) is 5.12 Å². The lowest BCUT2D eigenvalue weighted by Crippen LogP contribution is -1.79. The third-order valence-electron chi connectivity index (χ3n) is 0.884. The fraction of sp³-hybridized carbons (Fsp3) is 0.143. The van der Waals surface area contributed by atoms with Crippen LogP contribution < -0.4 is 0 Å². The van der Waals surface area contributed by atoms with E-state index in [-0.39, 0.29) is 5.12 Å². The first-order valence-electron chi connectivity index (χ1n) is 2.83. The second-order valence-corrected chi connectivity index (χ2v) is 2.79. The highest BCUT2D eigenvalue weighted by atomic mass is 32.2. The summed E-state index contributed by atoms with van der Waals surface area (Å²) in [6.45, 7) is 1.52. The van der Waals surface area contributed by atoms with E-state index in [0.717, 1.165) is 17.5 Å². The van der Waals surface area contributed by atoms with E-state index in [0.29, 0.717) is 0 Å². The highest BCUT2D eigenvalue weighted by Crippen LogP contribution is 2.14. The van der Waals surface area contributed by atoms with Crippen molar-refractivity contribution in [2.75, 3.05) is 0 Å². The largest absolute Gasteiger partial charge is 0.468 e. The van der Waals surface area contributed by atoms with Gasteiger partial charge in [0.2, 0.25) is 0 Å². The van der Waals surface area contributed by atoms with Gasteiger partial charge in [-0.15, -0.1) is 0 Å². The van der Waals surface area contributed by atoms with E-state index in [1.165, 1.54) is 6.92 Å². The van der Waals surface area contributed by atoms with Gasteiger partial charge in [-0.3, -0.25) is 4.79 Å². The van der Waals surface area contributed by atoms with Gasteiger partial charge in [-0.05, 0) is 12.1 Å². The number of thioether (sulfide) groups is 1. The van der Waals surface area contributed by atoms with E-state index in [1.807, 2.05) is 0 Å². The first kappa shape index (κ1) is 7.41. The quantitative estimate of drug-likeness (QED) is 0.655. The summed E-state index contributed by atoms with van der Waals surface area (Å²) in [4.78, 5) is 10.4. The monoisotopic (exact) mass is 155 g/mol. The predicted molar refractivity (Wildman–Crippen MR) is 40.4 cm³/mol. The summed E-state index contributed by atoms with van der Waals surface area (Å²) < 4.78 is 4.96. The SMILES string of the molecule is CC(=O)S[CH]c1ccco1. The summed E-state index contributed by atoms with van der Waals surface area (Å²) in [7, 11) is 0. The second-order valence-electron chi connectivity index (χ2n) is 1.74. The zero-order valence-electron chi connectivity index (χ0n) is 5.53. The van der Waals surface area contributed by atoms with Gasteiger partial charge < -0.3 is 4.42 Å². The van der Waals surface area contributed by atoms with Gasteiger partial charge in [0, 0.05) is 6.92 Å². The van der Waals surface area contributed by atoms with E-state index in [2.05, 4.69) is 0 Å². The van der Waals surface area contributed by atoms with Gasteiger partial charge in [-0.1, -0.05) is 11.8 Å². The van der Waals surface area contributed by atoms with Gasteiger partial charge in [0.25, 0.3) is 0 Å². The van der Waals surface area contributed by atoms with Crippen LogP contribution in [0.4, 0.5) is 0 Å². The highest BCUT2D eigenvalue weighted by Gasteiger charge is 1.98. The van der Waals surface area contributed by atoms with Crippen molar-refractivity contribution in [3.63, 3.8) is 0 Å². The van der Waals surface area contributed by atoms with Crippen LogP contribution in [0.15, 0.2) is 22.8 Å². The van der Waals surface area contributed by atoms with E-state index in [4.69, 9.17) is 4.42 Å². The third-order valence-corrected chi connectivity index (χ3v) is 1.57. The summed E-state index contributed by atoms with van der Waals surface area (Å²) >= 11 is 1.13. The van der Waals surface area contributed by atoms with Crippen LogP contribution in [-0.2, 0) is 4.79 Å². The molecule has 0 N–H and O–H groups in total. The van der Waals surface area contributed by atoms with Crippen molar-refractivity contribution >= 4 is 16.9 Å². The van der Waals surface area contributed by atoms with Crippen LogP contribution in [0.5, 0.6) is 0 Å². The van der Waals surface area contributed by atoms with Crippen molar-refractivity contribution < 1.29 is 9.21 Å². The van der Waals surface area contributed by atoms with E-state index < -0.39 is 0 Å². The second kappa shape index (κ2) is 3.46. The van der Waals surface area contributed by atoms with Crippen LogP contribution in [0.3, 0.4) is 0 Å². The minimum Gasteiger partial charge on any atom is -0.468 e. The maximum Gasteiger partial charge on any atom is 0.186 e. The van der Waals surface area contributed by atoms with Crippen molar-refractivity contribution in [1.29, 1.82) is 0 Å². The maximum atomic E-state index is 10.4. The fourth-order valence-electron chi connectivity index (χ4n) is 0.499. The molecule has 0 aliphatic rings. The molecule has 1 radical (unpaired) electrons. The van der Waals surface area contributed by atoms with Crippen molar-refractivity contribution in [3.05, 3.63) is 29.9 Å². The molecule has 0 atom stereocenters. The number of furan rings is 1. The van der Waals surface area contributed by atoms with E-state index in [1.54, 1.807) is 24.1 Å². The molecule has 0 spiro atoms.